The standard InChI is InChI=1S/C34H39N5O5S/c40-30-2-1-15-38(30)21-26-4-3-25(32(42)35-14-11-22-18-31(41)39(20-22)27-7-8-27)19-29(26)44-28-9-5-23(6-10-28)33-36-37-34(45-33)24-12-16-43-17-13-24/h3-6,9-10,19,22,24,27H,1-2,7-8,11-18,20-21H2,(H,35,42). The molecule has 4 heterocycles. The summed E-state index contributed by atoms with van der Waals surface area (Å²) in [5.41, 5.74) is 2.31. The van der Waals surface area contributed by atoms with Crippen molar-refractivity contribution in [2.24, 2.45) is 5.92 Å². The second kappa shape index (κ2) is 13.3. The number of carbonyl (C=O) groups is 3. The van der Waals surface area contributed by atoms with E-state index in [0.29, 0.717) is 55.0 Å². The zero-order chi connectivity index (χ0) is 30.8. The monoisotopic (exact) mass is 629 g/mol. The molecule has 3 aliphatic heterocycles. The van der Waals surface area contributed by atoms with Crippen LogP contribution >= 0.6 is 11.3 Å². The summed E-state index contributed by atoms with van der Waals surface area (Å²) in [6, 6.07) is 13.6. The number of benzene rings is 2. The van der Waals surface area contributed by atoms with Gasteiger partial charge in [0.15, 0.2) is 0 Å². The average molecular weight is 630 g/mol. The first-order valence-corrected chi connectivity index (χ1v) is 17.0. The molecule has 0 bridgehead atoms. The van der Waals surface area contributed by atoms with Gasteiger partial charge in [0, 0.05) is 80.9 Å². The van der Waals surface area contributed by atoms with Crippen molar-refractivity contribution in [3.05, 3.63) is 58.6 Å². The molecule has 1 saturated carbocycles. The molecule has 236 valence electrons. The molecule has 1 N–H and O–H groups in total. The minimum Gasteiger partial charge on any atom is -0.457 e. The van der Waals surface area contributed by atoms with E-state index >= 15 is 0 Å². The fourth-order valence-electron chi connectivity index (χ4n) is 6.48. The van der Waals surface area contributed by atoms with E-state index in [-0.39, 0.29) is 23.6 Å². The molecule has 3 aromatic rings. The summed E-state index contributed by atoms with van der Waals surface area (Å²) in [4.78, 5) is 41.7. The topological polar surface area (TPSA) is 114 Å². The Kier molecular flexibility index (Phi) is 8.80. The maximum atomic E-state index is 13.2. The molecule has 1 unspecified atom stereocenters. The lowest BCUT2D eigenvalue weighted by Crippen LogP contribution is -2.29. The van der Waals surface area contributed by atoms with E-state index in [2.05, 4.69) is 15.5 Å². The van der Waals surface area contributed by atoms with Crippen LogP contribution in [0.1, 0.15) is 78.2 Å². The number of aromatic nitrogens is 2. The molecule has 1 aromatic heterocycles. The molecular formula is C34H39N5O5S. The fraction of sp³-hybridized carbons (Fsp3) is 0.500. The highest BCUT2D eigenvalue weighted by Crippen LogP contribution is 2.35. The third kappa shape index (κ3) is 7.04. The molecule has 0 spiro atoms. The van der Waals surface area contributed by atoms with Gasteiger partial charge in [-0.2, -0.15) is 0 Å². The van der Waals surface area contributed by atoms with Crippen molar-refractivity contribution >= 4 is 29.1 Å². The number of likely N-dealkylation sites (tertiary alicyclic amines) is 2. The Morgan fingerprint density at radius 3 is 2.60 bits per heavy atom. The normalized spacial score (nSPS) is 20.7. The van der Waals surface area contributed by atoms with Gasteiger partial charge in [-0.05, 0) is 80.8 Å². The number of nitrogens with one attached hydrogen (secondary N) is 1. The Morgan fingerprint density at radius 2 is 1.84 bits per heavy atom. The average Bonchev–Trinajstić information content (AvgIpc) is 3.43. The van der Waals surface area contributed by atoms with E-state index in [4.69, 9.17) is 9.47 Å². The summed E-state index contributed by atoms with van der Waals surface area (Å²) in [5, 5.41) is 13.9. The van der Waals surface area contributed by atoms with E-state index in [1.165, 1.54) is 0 Å². The summed E-state index contributed by atoms with van der Waals surface area (Å²) >= 11 is 1.63. The lowest BCUT2D eigenvalue weighted by molar-refractivity contribution is -0.129. The molecule has 1 aliphatic carbocycles. The number of amides is 3. The fourth-order valence-corrected chi connectivity index (χ4v) is 7.50. The lowest BCUT2D eigenvalue weighted by atomic mass is 10.0. The van der Waals surface area contributed by atoms with Crippen LogP contribution in [0.25, 0.3) is 10.6 Å². The van der Waals surface area contributed by atoms with Crippen LogP contribution in [0.15, 0.2) is 42.5 Å². The second-order valence-electron chi connectivity index (χ2n) is 12.6. The molecule has 4 aliphatic rings. The third-order valence-corrected chi connectivity index (χ3v) is 10.4. The maximum absolute atomic E-state index is 13.2. The first-order chi connectivity index (χ1) is 22.0. The Bertz CT molecular complexity index is 1550. The number of hydrogen-bond acceptors (Lipinski definition) is 8. The van der Waals surface area contributed by atoms with Crippen LogP contribution in [-0.2, 0) is 20.9 Å². The Hall–Kier alpha value is -3.83. The van der Waals surface area contributed by atoms with Crippen LogP contribution in [0.2, 0.25) is 0 Å². The molecule has 10 nitrogen and oxygen atoms in total. The minimum absolute atomic E-state index is 0.134. The van der Waals surface area contributed by atoms with Crippen molar-refractivity contribution in [3.8, 4) is 22.1 Å². The highest BCUT2D eigenvalue weighted by Gasteiger charge is 2.39. The van der Waals surface area contributed by atoms with Gasteiger partial charge >= 0.3 is 0 Å². The highest BCUT2D eigenvalue weighted by atomic mass is 32.1. The minimum atomic E-state index is -0.182. The molecule has 2 aromatic carbocycles. The quantitative estimate of drug-likeness (QED) is 0.312. The predicted octanol–water partition coefficient (Wildman–Crippen LogP) is 5.14. The number of rotatable bonds is 11. The van der Waals surface area contributed by atoms with Crippen LogP contribution in [-0.4, -0.2) is 76.6 Å². The summed E-state index contributed by atoms with van der Waals surface area (Å²) in [5.74, 6) is 2.07. The van der Waals surface area contributed by atoms with Gasteiger partial charge in [-0.15, -0.1) is 10.2 Å². The van der Waals surface area contributed by atoms with Gasteiger partial charge in [0.2, 0.25) is 11.8 Å². The summed E-state index contributed by atoms with van der Waals surface area (Å²) in [7, 11) is 0. The first-order valence-electron chi connectivity index (χ1n) is 16.2. The maximum Gasteiger partial charge on any atom is 0.251 e. The molecule has 4 fully saturated rings. The molecule has 7 rings (SSSR count). The van der Waals surface area contributed by atoms with Gasteiger partial charge in [0.1, 0.15) is 21.5 Å². The van der Waals surface area contributed by atoms with Gasteiger partial charge < -0.3 is 24.6 Å². The molecule has 1 atom stereocenters. The van der Waals surface area contributed by atoms with Crippen molar-refractivity contribution in [2.75, 3.05) is 32.8 Å². The molecule has 3 amide bonds. The number of ether oxygens (including phenoxy) is 2. The van der Waals surface area contributed by atoms with Gasteiger partial charge in [-0.1, -0.05) is 17.4 Å². The molecule has 45 heavy (non-hydrogen) atoms. The van der Waals surface area contributed by atoms with Gasteiger partial charge in [0.25, 0.3) is 5.91 Å². The summed E-state index contributed by atoms with van der Waals surface area (Å²) in [6.45, 7) is 4.00. The largest absolute Gasteiger partial charge is 0.457 e. The van der Waals surface area contributed by atoms with Gasteiger partial charge in [0.05, 0.1) is 0 Å². The highest BCUT2D eigenvalue weighted by molar-refractivity contribution is 7.14. The van der Waals surface area contributed by atoms with E-state index in [1.54, 1.807) is 23.5 Å². The number of carbonyl (C=O) groups excluding carboxylic acids is 3. The number of hydrogen-bond donors (Lipinski definition) is 1. The van der Waals surface area contributed by atoms with Crippen molar-refractivity contribution < 1.29 is 23.9 Å². The van der Waals surface area contributed by atoms with Gasteiger partial charge in [-0.3, -0.25) is 14.4 Å². The van der Waals surface area contributed by atoms with Gasteiger partial charge in [-0.25, -0.2) is 0 Å². The third-order valence-electron chi connectivity index (χ3n) is 9.27. The molecule has 11 heteroatoms. The zero-order valence-corrected chi connectivity index (χ0v) is 26.2. The van der Waals surface area contributed by atoms with Crippen molar-refractivity contribution in [2.45, 2.75) is 69.9 Å². The number of nitrogens with zero attached hydrogens (tertiary/aromatic N) is 4. The Labute approximate surface area is 267 Å². The van der Waals surface area contributed by atoms with Crippen molar-refractivity contribution in [1.29, 1.82) is 0 Å². The van der Waals surface area contributed by atoms with Crippen LogP contribution < -0.4 is 10.1 Å². The first kappa shape index (κ1) is 29.9. The Morgan fingerprint density at radius 1 is 1.02 bits per heavy atom. The van der Waals surface area contributed by atoms with E-state index in [9.17, 15) is 14.4 Å². The smallest absolute Gasteiger partial charge is 0.251 e. The van der Waals surface area contributed by atoms with E-state index < -0.39 is 0 Å². The van der Waals surface area contributed by atoms with E-state index in [1.807, 2.05) is 40.1 Å². The Balaban J connectivity index is 1.02. The summed E-state index contributed by atoms with van der Waals surface area (Å²) in [6.07, 6.45) is 6.95. The molecule has 0 radical (unpaired) electrons. The van der Waals surface area contributed by atoms with Crippen LogP contribution in [0.3, 0.4) is 0 Å². The van der Waals surface area contributed by atoms with Crippen molar-refractivity contribution in [1.82, 2.24) is 25.3 Å². The van der Waals surface area contributed by atoms with Crippen LogP contribution in [0.5, 0.6) is 11.5 Å². The van der Waals surface area contributed by atoms with Crippen molar-refractivity contribution in [3.63, 3.8) is 0 Å². The van der Waals surface area contributed by atoms with Crippen LogP contribution in [0.4, 0.5) is 0 Å². The van der Waals surface area contributed by atoms with Crippen LogP contribution in [0, 0.1) is 5.92 Å². The zero-order valence-electron chi connectivity index (χ0n) is 25.4. The SMILES string of the molecule is O=C(NCCC1CC(=O)N(C2CC2)C1)c1ccc(CN2CCCC2=O)c(Oc2ccc(-c3nnc(C4CCOCC4)s3)cc2)c1. The molecular weight excluding hydrogens is 590 g/mol. The molecule has 3 saturated heterocycles. The van der Waals surface area contributed by atoms with E-state index in [0.717, 1.165) is 86.0 Å². The second-order valence-corrected chi connectivity index (χ2v) is 13.6. The lowest BCUT2D eigenvalue weighted by Gasteiger charge is -2.19. The summed E-state index contributed by atoms with van der Waals surface area (Å²) < 4.78 is 11.9. The predicted molar refractivity (Wildman–Crippen MR) is 169 cm³/mol.